The highest BCUT2D eigenvalue weighted by Gasteiger charge is 2.27. The first-order chi connectivity index (χ1) is 8.94. The normalized spacial score (nSPS) is 23.4. The quantitative estimate of drug-likeness (QED) is 0.403. The van der Waals surface area contributed by atoms with Crippen LogP contribution in [0.2, 0.25) is 0 Å². The molecule has 1 saturated carbocycles. The molecule has 8 heteroatoms. The third-order valence-corrected chi connectivity index (χ3v) is 4.16. The van der Waals surface area contributed by atoms with Crippen molar-refractivity contribution in [3.05, 3.63) is 0 Å². The van der Waals surface area contributed by atoms with E-state index in [1.54, 1.807) is 0 Å². The molecule has 2 N–H and O–H groups in total. The Morgan fingerprint density at radius 2 is 2.05 bits per heavy atom. The van der Waals surface area contributed by atoms with Gasteiger partial charge in [0.15, 0.2) is 5.96 Å². The van der Waals surface area contributed by atoms with Gasteiger partial charge in [0.2, 0.25) is 0 Å². The molecular formula is C12H23F3IN3S. The summed E-state index contributed by atoms with van der Waals surface area (Å²) in [5.41, 5.74) is 0. The summed E-state index contributed by atoms with van der Waals surface area (Å²) in [7, 11) is 0. The van der Waals surface area contributed by atoms with Crippen LogP contribution in [0.5, 0.6) is 0 Å². The standard InChI is InChI=1S/C12H22F3N3S.HI/c1-3-16-11(17-7-6-12(13,14)15)18-9-4-5-10(8-9)19-2;/h9-10H,3-8H2,1-2H3,(H2,16,17,18);1H. The maximum atomic E-state index is 12.1. The van der Waals surface area contributed by atoms with Crippen molar-refractivity contribution in [1.29, 1.82) is 0 Å². The number of hydrogen-bond acceptors (Lipinski definition) is 2. The average Bonchev–Trinajstić information content (AvgIpc) is 2.75. The van der Waals surface area contributed by atoms with Crippen molar-refractivity contribution in [1.82, 2.24) is 10.6 Å². The number of halogens is 4. The van der Waals surface area contributed by atoms with E-state index in [-0.39, 0.29) is 30.5 Å². The van der Waals surface area contributed by atoms with Gasteiger partial charge in [0.25, 0.3) is 0 Å². The van der Waals surface area contributed by atoms with Gasteiger partial charge in [-0.25, -0.2) is 0 Å². The van der Waals surface area contributed by atoms with Crippen LogP contribution in [-0.4, -0.2) is 42.8 Å². The van der Waals surface area contributed by atoms with Crippen LogP contribution in [0, 0.1) is 0 Å². The topological polar surface area (TPSA) is 36.4 Å². The van der Waals surface area contributed by atoms with Crippen molar-refractivity contribution in [3.63, 3.8) is 0 Å². The molecule has 0 radical (unpaired) electrons. The van der Waals surface area contributed by atoms with Crippen LogP contribution < -0.4 is 10.6 Å². The fourth-order valence-corrected chi connectivity index (χ4v) is 2.89. The summed E-state index contributed by atoms with van der Waals surface area (Å²) >= 11 is 1.85. The minimum absolute atomic E-state index is 0. The number of nitrogens with zero attached hydrogens (tertiary/aromatic N) is 1. The Bertz CT molecular complexity index is 300. The molecule has 2 atom stereocenters. The Hall–Kier alpha value is 0.140. The van der Waals surface area contributed by atoms with Crippen molar-refractivity contribution in [2.75, 3.05) is 19.3 Å². The summed E-state index contributed by atoms with van der Waals surface area (Å²) in [6.07, 6.45) is 0.330. The van der Waals surface area contributed by atoms with Crippen molar-refractivity contribution in [2.45, 2.75) is 50.1 Å². The lowest BCUT2D eigenvalue weighted by molar-refractivity contribution is -0.132. The van der Waals surface area contributed by atoms with Crippen LogP contribution in [0.15, 0.2) is 4.99 Å². The van der Waals surface area contributed by atoms with Crippen molar-refractivity contribution >= 4 is 41.7 Å². The Labute approximate surface area is 140 Å². The predicted octanol–water partition coefficient (Wildman–Crippen LogP) is 3.40. The van der Waals surface area contributed by atoms with E-state index in [9.17, 15) is 13.2 Å². The summed E-state index contributed by atoms with van der Waals surface area (Å²) < 4.78 is 36.2. The highest BCUT2D eigenvalue weighted by molar-refractivity contribution is 14.0. The molecule has 1 rings (SSSR count). The highest BCUT2D eigenvalue weighted by atomic mass is 127. The second-order valence-electron chi connectivity index (χ2n) is 4.64. The van der Waals surface area contributed by atoms with Crippen molar-refractivity contribution < 1.29 is 13.2 Å². The molecule has 0 aromatic heterocycles. The lowest BCUT2D eigenvalue weighted by Gasteiger charge is -2.17. The van der Waals surface area contributed by atoms with Crippen LogP contribution in [0.3, 0.4) is 0 Å². The third kappa shape index (κ3) is 8.43. The predicted molar refractivity (Wildman–Crippen MR) is 90.1 cm³/mol. The number of guanidine groups is 1. The number of rotatable bonds is 5. The molecule has 20 heavy (non-hydrogen) atoms. The van der Waals surface area contributed by atoms with E-state index in [1.165, 1.54) is 0 Å². The maximum Gasteiger partial charge on any atom is 0.390 e. The van der Waals surface area contributed by atoms with E-state index in [4.69, 9.17) is 0 Å². The molecule has 0 spiro atoms. The fraction of sp³-hybridized carbons (Fsp3) is 0.917. The summed E-state index contributed by atoms with van der Waals surface area (Å²) in [6, 6.07) is 0.320. The Morgan fingerprint density at radius 3 is 2.55 bits per heavy atom. The molecule has 1 fully saturated rings. The lowest BCUT2D eigenvalue weighted by atomic mass is 10.2. The molecule has 1 aliphatic carbocycles. The molecule has 0 aromatic rings. The summed E-state index contributed by atoms with van der Waals surface area (Å²) in [5.74, 6) is 0.499. The van der Waals surface area contributed by atoms with Gasteiger partial charge in [0, 0.05) is 17.8 Å². The first kappa shape index (κ1) is 20.1. The largest absolute Gasteiger partial charge is 0.390 e. The molecular weight excluding hydrogens is 402 g/mol. The SMILES string of the molecule is CCNC(=NCCC(F)(F)F)NC1CCC(SC)C1.I. The number of hydrogen-bond donors (Lipinski definition) is 2. The van der Waals surface area contributed by atoms with Crippen LogP contribution in [0.4, 0.5) is 13.2 Å². The van der Waals surface area contributed by atoms with Crippen LogP contribution >= 0.6 is 35.7 Å². The second-order valence-corrected chi connectivity index (χ2v) is 5.78. The van der Waals surface area contributed by atoms with Crippen LogP contribution in [0.25, 0.3) is 0 Å². The summed E-state index contributed by atoms with van der Waals surface area (Å²) in [5, 5.41) is 6.87. The van der Waals surface area contributed by atoms with Crippen LogP contribution in [0.1, 0.15) is 32.6 Å². The van der Waals surface area contributed by atoms with E-state index in [0.29, 0.717) is 23.8 Å². The van der Waals surface area contributed by atoms with E-state index in [1.807, 2.05) is 18.7 Å². The fourth-order valence-electron chi connectivity index (χ4n) is 2.09. The average molecular weight is 425 g/mol. The van der Waals surface area contributed by atoms with Gasteiger partial charge in [-0.1, -0.05) is 0 Å². The monoisotopic (exact) mass is 425 g/mol. The van der Waals surface area contributed by atoms with Gasteiger partial charge in [0.1, 0.15) is 0 Å². The molecule has 3 nitrogen and oxygen atoms in total. The van der Waals surface area contributed by atoms with Gasteiger partial charge in [-0.3, -0.25) is 4.99 Å². The van der Waals surface area contributed by atoms with Gasteiger partial charge in [-0.15, -0.1) is 24.0 Å². The number of alkyl halides is 3. The lowest BCUT2D eigenvalue weighted by Crippen LogP contribution is -2.42. The van der Waals surface area contributed by atoms with E-state index in [2.05, 4.69) is 21.9 Å². The van der Waals surface area contributed by atoms with E-state index in [0.717, 1.165) is 19.3 Å². The van der Waals surface area contributed by atoms with Crippen LogP contribution in [-0.2, 0) is 0 Å². The summed E-state index contributed by atoms with van der Waals surface area (Å²) in [6.45, 7) is 2.33. The molecule has 0 amide bonds. The highest BCUT2D eigenvalue weighted by Crippen LogP contribution is 2.28. The second kappa shape index (κ2) is 9.97. The smallest absolute Gasteiger partial charge is 0.357 e. The number of aliphatic imine (C=N–C) groups is 1. The van der Waals surface area contributed by atoms with Gasteiger partial charge < -0.3 is 10.6 Å². The van der Waals surface area contributed by atoms with E-state index >= 15 is 0 Å². The Kier molecular flexibility index (Phi) is 10.0. The molecule has 0 saturated heterocycles. The third-order valence-electron chi connectivity index (χ3n) is 3.07. The molecule has 0 aromatic carbocycles. The number of nitrogens with one attached hydrogen (secondary N) is 2. The first-order valence-corrected chi connectivity index (χ1v) is 7.87. The zero-order valence-electron chi connectivity index (χ0n) is 11.8. The summed E-state index contributed by atoms with van der Waals surface area (Å²) in [4.78, 5) is 3.98. The zero-order chi connectivity index (χ0) is 14.3. The van der Waals surface area contributed by atoms with Crippen molar-refractivity contribution in [2.24, 2.45) is 4.99 Å². The zero-order valence-corrected chi connectivity index (χ0v) is 14.9. The van der Waals surface area contributed by atoms with Gasteiger partial charge in [-0.2, -0.15) is 24.9 Å². The first-order valence-electron chi connectivity index (χ1n) is 6.59. The van der Waals surface area contributed by atoms with Gasteiger partial charge in [-0.05, 0) is 32.4 Å². The molecule has 2 unspecified atom stereocenters. The van der Waals surface area contributed by atoms with E-state index < -0.39 is 12.6 Å². The maximum absolute atomic E-state index is 12.1. The minimum Gasteiger partial charge on any atom is -0.357 e. The van der Waals surface area contributed by atoms with Crippen molar-refractivity contribution in [3.8, 4) is 0 Å². The van der Waals surface area contributed by atoms with Gasteiger partial charge >= 0.3 is 6.18 Å². The molecule has 0 heterocycles. The number of thioether (sulfide) groups is 1. The molecule has 0 aliphatic heterocycles. The minimum atomic E-state index is -4.14. The molecule has 0 bridgehead atoms. The molecule has 120 valence electrons. The molecule has 1 aliphatic rings. The Morgan fingerprint density at radius 1 is 1.35 bits per heavy atom. The Balaban J connectivity index is 0.00000361. The van der Waals surface area contributed by atoms with Gasteiger partial charge in [0.05, 0.1) is 13.0 Å².